The van der Waals surface area contributed by atoms with Gasteiger partial charge in [0.1, 0.15) is 16.7 Å². The molecule has 2 aliphatic heterocycles. The molecule has 2 aliphatic rings. The van der Waals surface area contributed by atoms with Crippen LogP contribution < -0.4 is 14.8 Å². The lowest BCUT2D eigenvalue weighted by atomic mass is 9.98. The fraction of sp³-hybridized carbons (Fsp3) is 0.214. The van der Waals surface area contributed by atoms with Crippen molar-refractivity contribution in [2.45, 2.75) is 24.1 Å². The van der Waals surface area contributed by atoms with Gasteiger partial charge in [-0.15, -0.1) is 0 Å². The molecule has 0 radical (unpaired) electrons. The largest absolute Gasteiger partial charge is 0.497 e. The number of hydrogen-bond donors (Lipinski definition) is 1. The Morgan fingerprint density at radius 1 is 1.03 bits per heavy atom. The number of aliphatic imine (C=N–C) groups is 1. The molecule has 0 spiro atoms. The van der Waals surface area contributed by atoms with E-state index in [1.807, 2.05) is 71.7 Å². The van der Waals surface area contributed by atoms with Gasteiger partial charge in [-0.3, -0.25) is 9.59 Å². The molecular weight excluding hydrogens is 488 g/mol. The molecule has 2 atom stereocenters. The van der Waals surface area contributed by atoms with Gasteiger partial charge in [-0.05, 0) is 29.8 Å². The topological polar surface area (TPSA) is 92.6 Å². The fourth-order valence-electron chi connectivity index (χ4n) is 4.32. The van der Waals surface area contributed by atoms with Crippen molar-refractivity contribution in [3.63, 3.8) is 0 Å². The van der Waals surface area contributed by atoms with E-state index in [1.165, 1.54) is 11.8 Å². The molecule has 0 saturated heterocycles. The number of methoxy groups -OCH3 is 2. The number of anilines is 1. The second-order valence-corrected chi connectivity index (χ2v) is 9.72. The molecule has 37 heavy (non-hydrogen) atoms. The number of rotatable bonds is 7. The Balaban J connectivity index is 1.35. The molecule has 0 bridgehead atoms. The number of nitrogens with zero attached hydrogens (tertiary/aromatic N) is 3. The molecule has 3 aromatic rings. The van der Waals surface area contributed by atoms with Crippen LogP contribution in [0.25, 0.3) is 0 Å². The van der Waals surface area contributed by atoms with Crippen molar-refractivity contribution in [2.75, 3.05) is 19.5 Å². The summed E-state index contributed by atoms with van der Waals surface area (Å²) in [5.41, 5.74) is 3.45. The Morgan fingerprint density at radius 3 is 2.59 bits per heavy atom. The maximum absolute atomic E-state index is 12.8. The lowest BCUT2D eigenvalue weighted by molar-refractivity contribution is -0.121. The molecule has 2 heterocycles. The Morgan fingerprint density at radius 2 is 1.81 bits per heavy atom. The van der Waals surface area contributed by atoms with Gasteiger partial charge in [0, 0.05) is 18.4 Å². The zero-order valence-electron chi connectivity index (χ0n) is 20.5. The first-order valence-electron chi connectivity index (χ1n) is 11.8. The predicted molar refractivity (Wildman–Crippen MR) is 145 cm³/mol. The van der Waals surface area contributed by atoms with E-state index in [-0.39, 0.29) is 24.3 Å². The SMILES string of the molecule is COc1cccc(C2=NN(C3=NC(=O)C(CC(=O)Nc4ccccc4OC)S3)C(c3ccccc3)C2)c1. The van der Waals surface area contributed by atoms with Crippen LogP contribution in [0.15, 0.2) is 89.0 Å². The first-order valence-corrected chi connectivity index (χ1v) is 12.7. The van der Waals surface area contributed by atoms with Crippen LogP contribution in [0, 0.1) is 0 Å². The molecule has 5 rings (SSSR count). The van der Waals surface area contributed by atoms with Gasteiger partial charge in [0.2, 0.25) is 5.91 Å². The number of carbonyl (C=O) groups excluding carboxylic acids is 2. The first kappa shape index (κ1) is 24.6. The minimum atomic E-state index is -0.628. The fourth-order valence-corrected chi connectivity index (χ4v) is 5.38. The maximum Gasteiger partial charge on any atom is 0.262 e. The summed E-state index contributed by atoms with van der Waals surface area (Å²) < 4.78 is 10.7. The van der Waals surface area contributed by atoms with E-state index in [4.69, 9.17) is 14.6 Å². The van der Waals surface area contributed by atoms with Crippen LogP contribution in [-0.4, -0.2) is 47.2 Å². The Hall–Kier alpha value is -4.11. The number of amidine groups is 1. The van der Waals surface area contributed by atoms with Crippen LogP contribution in [-0.2, 0) is 9.59 Å². The number of para-hydroxylation sites is 2. The highest BCUT2D eigenvalue weighted by Gasteiger charge is 2.39. The van der Waals surface area contributed by atoms with Gasteiger partial charge < -0.3 is 14.8 Å². The summed E-state index contributed by atoms with van der Waals surface area (Å²) in [7, 11) is 3.18. The molecular formula is C28H26N4O4S. The molecule has 1 N–H and O–H groups in total. The van der Waals surface area contributed by atoms with E-state index in [2.05, 4.69) is 10.3 Å². The summed E-state index contributed by atoms with van der Waals surface area (Å²) in [5, 5.41) is 9.39. The zero-order chi connectivity index (χ0) is 25.8. The van der Waals surface area contributed by atoms with Gasteiger partial charge >= 0.3 is 0 Å². The highest BCUT2D eigenvalue weighted by molar-refractivity contribution is 8.15. The summed E-state index contributed by atoms with van der Waals surface area (Å²) in [5.74, 6) is 0.680. The lowest BCUT2D eigenvalue weighted by Gasteiger charge is -2.23. The third kappa shape index (κ3) is 5.36. The number of thioether (sulfide) groups is 1. The summed E-state index contributed by atoms with van der Waals surface area (Å²) in [4.78, 5) is 29.9. The lowest BCUT2D eigenvalue weighted by Crippen LogP contribution is -2.25. The summed E-state index contributed by atoms with van der Waals surface area (Å²) in [6.07, 6.45) is 0.634. The van der Waals surface area contributed by atoms with Crippen molar-refractivity contribution in [1.82, 2.24) is 5.01 Å². The van der Waals surface area contributed by atoms with Crippen molar-refractivity contribution in [3.05, 3.63) is 90.0 Å². The second kappa shape index (κ2) is 10.9. The van der Waals surface area contributed by atoms with Crippen molar-refractivity contribution in [3.8, 4) is 11.5 Å². The highest BCUT2D eigenvalue weighted by atomic mass is 32.2. The van der Waals surface area contributed by atoms with Crippen LogP contribution in [0.1, 0.15) is 30.0 Å². The van der Waals surface area contributed by atoms with Crippen LogP contribution in [0.2, 0.25) is 0 Å². The van der Waals surface area contributed by atoms with Crippen LogP contribution >= 0.6 is 11.8 Å². The molecule has 9 heteroatoms. The standard InChI is InChI=1S/C28H26N4O4S/c1-35-20-12-8-11-19(15-20)22-16-23(18-9-4-3-5-10-18)32(31-22)28-30-27(34)25(37-28)17-26(33)29-21-13-6-7-14-24(21)36-2/h3-15,23,25H,16-17H2,1-2H3,(H,29,33). The normalized spacial score (nSPS) is 18.9. The quantitative estimate of drug-likeness (QED) is 0.483. The molecule has 0 aliphatic carbocycles. The second-order valence-electron chi connectivity index (χ2n) is 8.55. The van der Waals surface area contributed by atoms with E-state index in [9.17, 15) is 9.59 Å². The third-order valence-corrected chi connectivity index (χ3v) is 7.32. The zero-order valence-corrected chi connectivity index (χ0v) is 21.3. The van der Waals surface area contributed by atoms with Crippen molar-refractivity contribution in [2.24, 2.45) is 10.1 Å². The molecule has 0 aromatic heterocycles. The Bertz CT molecular complexity index is 1380. The Kier molecular flexibility index (Phi) is 7.23. The third-order valence-electron chi connectivity index (χ3n) is 6.17. The van der Waals surface area contributed by atoms with E-state index < -0.39 is 5.25 Å². The van der Waals surface area contributed by atoms with E-state index >= 15 is 0 Å². The number of amides is 2. The number of benzene rings is 3. The summed E-state index contributed by atoms with van der Waals surface area (Å²) >= 11 is 1.27. The van der Waals surface area contributed by atoms with E-state index in [0.29, 0.717) is 23.0 Å². The Labute approximate surface area is 219 Å². The van der Waals surface area contributed by atoms with Gasteiger partial charge in [0.05, 0.1) is 31.7 Å². The molecule has 0 fully saturated rings. The monoisotopic (exact) mass is 514 g/mol. The minimum absolute atomic E-state index is 0.00908. The van der Waals surface area contributed by atoms with Crippen LogP contribution in [0.4, 0.5) is 5.69 Å². The number of ether oxygens (including phenoxy) is 2. The number of nitrogens with one attached hydrogen (secondary N) is 1. The molecule has 8 nitrogen and oxygen atoms in total. The predicted octanol–water partition coefficient (Wildman–Crippen LogP) is 4.88. The molecule has 2 amide bonds. The van der Waals surface area contributed by atoms with Gasteiger partial charge in [0.25, 0.3) is 5.91 Å². The van der Waals surface area contributed by atoms with Crippen molar-refractivity contribution in [1.29, 1.82) is 0 Å². The van der Waals surface area contributed by atoms with Gasteiger partial charge in [-0.2, -0.15) is 10.1 Å². The molecule has 188 valence electrons. The number of carbonyl (C=O) groups is 2. The minimum Gasteiger partial charge on any atom is -0.497 e. The average molecular weight is 515 g/mol. The van der Waals surface area contributed by atoms with Gasteiger partial charge in [0.15, 0.2) is 5.17 Å². The van der Waals surface area contributed by atoms with Gasteiger partial charge in [-0.1, -0.05) is 66.4 Å². The molecule has 2 unspecified atom stereocenters. The maximum atomic E-state index is 12.8. The van der Waals surface area contributed by atoms with Gasteiger partial charge in [-0.25, -0.2) is 5.01 Å². The molecule has 3 aromatic carbocycles. The van der Waals surface area contributed by atoms with Crippen molar-refractivity contribution < 1.29 is 19.1 Å². The van der Waals surface area contributed by atoms with Crippen LogP contribution in [0.5, 0.6) is 11.5 Å². The highest BCUT2D eigenvalue weighted by Crippen LogP contribution is 2.39. The number of hydrazone groups is 1. The van der Waals surface area contributed by atoms with E-state index in [1.54, 1.807) is 26.4 Å². The van der Waals surface area contributed by atoms with E-state index in [0.717, 1.165) is 22.6 Å². The summed E-state index contributed by atoms with van der Waals surface area (Å²) in [6.45, 7) is 0. The average Bonchev–Trinajstić information content (AvgIpc) is 3.53. The van der Waals surface area contributed by atoms with Crippen molar-refractivity contribution >= 4 is 40.1 Å². The van der Waals surface area contributed by atoms with Crippen LogP contribution in [0.3, 0.4) is 0 Å². The molecule has 0 saturated carbocycles. The number of hydrogen-bond acceptors (Lipinski definition) is 7. The smallest absolute Gasteiger partial charge is 0.262 e. The first-order chi connectivity index (χ1) is 18.1. The summed E-state index contributed by atoms with van der Waals surface area (Å²) in [6, 6.07) is 24.8.